The topological polar surface area (TPSA) is 151 Å². The molecule has 0 saturated carbocycles. The molecule has 0 fully saturated rings. The molecule has 0 radical (unpaired) electrons. The molecule has 0 aliphatic carbocycles. The Kier molecular flexibility index (Phi) is 12.8. The minimum absolute atomic E-state index is 0.00305. The van der Waals surface area contributed by atoms with Crippen LogP contribution in [0, 0.1) is 13.8 Å². The third-order valence-electron chi connectivity index (χ3n) is 6.68. The highest BCUT2D eigenvalue weighted by molar-refractivity contribution is 6.00. The van der Waals surface area contributed by atoms with Crippen LogP contribution in [0.1, 0.15) is 89.0 Å². The van der Waals surface area contributed by atoms with Crippen molar-refractivity contribution in [2.75, 3.05) is 11.9 Å². The van der Waals surface area contributed by atoms with Gasteiger partial charge in [0, 0.05) is 12.2 Å². The number of aryl methyl sites for hydroxylation is 2. The Balaban J connectivity index is 2.57. The molecule has 2 aromatic carbocycles. The number of carbonyl (C=O) groups is 4. The fraction of sp³-hybridized carbons (Fsp3) is 0.500. The van der Waals surface area contributed by atoms with Crippen molar-refractivity contribution in [1.29, 1.82) is 0 Å². The highest BCUT2D eigenvalue weighted by Crippen LogP contribution is 2.29. The standard InChI is InChI=1S/C32H46N4O6/c1-7-8-9-10-11-19-36(30(40)25(20-26(33)38)34-31(41)42-32(4,5)6)28(23-15-17-24(37)18-16-23)29(39)35-27-21(2)13-12-14-22(27)3/h12-18,25,28,37H,7-11,19-20H2,1-6H3,(H2,33,38)(H,34,41)(H,35,39). The lowest BCUT2D eigenvalue weighted by molar-refractivity contribution is -0.142. The van der Waals surface area contributed by atoms with Crippen molar-refractivity contribution >= 4 is 29.5 Å². The Bertz CT molecular complexity index is 1200. The van der Waals surface area contributed by atoms with E-state index in [2.05, 4.69) is 17.6 Å². The maximum Gasteiger partial charge on any atom is 0.408 e. The van der Waals surface area contributed by atoms with Gasteiger partial charge in [-0.1, -0.05) is 62.9 Å². The Morgan fingerprint density at radius 2 is 1.55 bits per heavy atom. The fourth-order valence-electron chi connectivity index (χ4n) is 4.64. The van der Waals surface area contributed by atoms with E-state index in [4.69, 9.17) is 10.5 Å². The first-order chi connectivity index (χ1) is 19.7. The molecule has 42 heavy (non-hydrogen) atoms. The molecule has 0 aliphatic rings. The number of phenols is 1. The number of ether oxygens (including phenoxy) is 1. The molecule has 0 aliphatic heterocycles. The zero-order valence-corrected chi connectivity index (χ0v) is 25.7. The van der Waals surface area contributed by atoms with Crippen LogP contribution in [0.5, 0.6) is 5.75 Å². The lowest BCUT2D eigenvalue weighted by atomic mass is 10.00. The molecule has 10 heteroatoms. The number of benzene rings is 2. The number of para-hydroxylation sites is 1. The Labute approximate surface area is 249 Å². The van der Waals surface area contributed by atoms with Crippen molar-refractivity contribution in [2.24, 2.45) is 5.73 Å². The Morgan fingerprint density at radius 1 is 0.952 bits per heavy atom. The zero-order valence-electron chi connectivity index (χ0n) is 25.7. The van der Waals surface area contributed by atoms with Crippen molar-refractivity contribution in [3.05, 3.63) is 59.2 Å². The summed E-state index contributed by atoms with van der Waals surface area (Å²) in [7, 11) is 0. The molecule has 2 aromatic rings. The van der Waals surface area contributed by atoms with Crippen LogP contribution >= 0.6 is 0 Å². The summed E-state index contributed by atoms with van der Waals surface area (Å²) in [6.45, 7) is 11.1. The van der Waals surface area contributed by atoms with E-state index in [9.17, 15) is 24.3 Å². The van der Waals surface area contributed by atoms with Crippen molar-refractivity contribution in [3.8, 4) is 5.75 Å². The SMILES string of the molecule is CCCCCCCN(C(=O)C(CC(N)=O)NC(=O)OC(C)(C)C)C(C(=O)Nc1c(C)cccc1C)c1ccc(O)cc1. The van der Waals surface area contributed by atoms with Crippen LogP contribution in [0.3, 0.4) is 0 Å². The average molecular weight is 583 g/mol. The summed E-state index contributed by atoms with van der Waals surface area (Å²) in [5, 5.41) is 15.4. The third-order valence-corrected chi connectivity index (χ3v) is 6.68. The summed E-state index contributed by atoms with van der Waals surface area (Å²) in [6, 6.07) is 9.18. The number of rotatable bonds is 14. The molecule has 2 rings (SSSR count). The molecule has 0 aromatic heterocycles. The summed E-state index contributed by atoms with van der Waals surface area (Å²) < 4.78 is 5.34. The van der Waals surface area contributed by atoms with Gasteiger partial charge in [0.05, 0.1) is 6.42 Å². The fourth-order valence-corrected chi connectivity index (χ4v) is 4.64. The Hall–Kier alpha value is -4.08. The van der Waals surface area contributed by atoms with Gasteiger partial charge in [-0.25, -0.2) is 4.79 Å². The lowest BCUT2D eigenvalue weighted by Gasteiger charge is -2.34. The number of primary amides is 1. The van der Waals surface area contributed by atoms with Crippen molar-refractivity contribution in [1.82, 2.24) is 10.2 Å². The molecular weight excluding hydrogens is 536 g/mol. The smallest absolute Gasteiger partial charge is 0.408 e. The molecule has 230 valence electrons. The average Bonchev–Trinajstić information content (AvgIpc) is 2.88. The second kappa shape index (κ2) is 15.8. The monoisotopic (exact) mass is 582 g/mol. The van der Waals surface area contributed by atoms with Gasteiger partial charge in [0.1, 0.15) is 23.4 Å². The summed E-state index contributed by atoms with van der Waals surface area (Å²) in [6.07, 6.45) is 3.07. The number of nitrogens with zero attached hydrogens (tertiary/aromatic N) is 1. The van der Waals surface area contributed by atoms with Crippen LogP contribution in [0.15, 0.2) is 42.5 Å². The summed E-state index contributed by atoms with van der Waals surface area (Å²) in [4.78, 5) is 54.3. The predicted octanol–water partition coefficient (Wildman–Crippen LogP) is 5.26. The number of alkyl carbamates (subject to hydrolysis) is 1. The number of aromatic hydroxyl groups is 1. The molecule has 5 N–H and O–H groups in total. The van der Waals surface area contributed by atoms with E-state index in [1.165, 1.54) is 17.0 Å². The normalized spacial score (nSPS) is 12.6. The van der Waals surface area contributed by atoms with E-state index >= 15 is 0 Å². The van der Waals surface area contributed by atoms with E-state index in [0.717, 1.165) is 36.8 Å². The highest BCUT2D eigenvalue weighted by atomic mass is 16.6. The molecular formula is C32H46N4O6. The lowest BCUT2D eigenvalue weighted by Crippen LogP contribution is -2.53. The first-order valence-electron chi connectivity index (χ1n) is 14.5. The zero-order chi connectivity index (χ0) is 31.4. The number of nitrogens with one attached hydrogen (secondary N) is 2. The number of unbranched alkanes of at least 4 members (excludes halogenated alkanes) is 4. The van der Waals surface area contributed by atoms with Crippen molar-refractivity contribution in [3.63, 3.8) is 0 Å². The van der Waals surface area contributed by atoms with E-state index < -0.39 is 47.9 Å². The number of hydrogen-bond donors (Lipinski definition) is 4. The number of nitrogens with two attached hydrogens (primary N) is 1. The van der Waals surface area contributed by atoms with E-state index in [1.807, 2.05) is 32.0 Å². The van der Waals surface area contributed by atoms with Crippen LogP contribution in [-0.4, -0.2) is 52.0 Å². The van der Waals surface area contributed by atoms with Crippen LogP contribution in [0.25, 0.3) is 0 Å². The second-order valence-corrected chi connectivity index (χ2v) is 11.6. The molecule has 4 amide bonds. The Morgan fingerprint density at radius 3 is 2.10 bits per heavy atom. The number of phenolic OH excluding ortho intramolecular Hbond substituents is 1. The van der Waals surface area contributed by atoms with Crippen molar-refractivity contribution < 1.29 is 29.0 Å². The van der Waals surface area contributed by atoms with Gasteiger partial charge < -0.3 is 31.1 Å². The minimum atomic E-state index is -1.36. The molecule has 2 atom stereocenters. The molecule has 0 heterocycles. The van der Waals surface area contributed by atoms with Crippen LogP contribution < -0.4 is 16.4 Å². The van der Waals surface area contributed by atoms with Gasteiger partial charge in [-0.15, -0.1) is 0 Å². The quantitative estimate of drug-likeness (QED) is 0.223. The maximum absolute atomic E-state index is 14.2. The van der Waals surface area contributed by atoms with Crippen LogP contribution in [0.2, 0.25) is 0 Å². The van der Waals surface area contributed by atoms with Gasteiger partial charge in [0.15, 0.2) is 0 Å². The van der Waals surface area contributed by atoms with Gasteiger partial charge >= 0.3 is 6.09 Å². The van der Waals surface area contributed by atoms with E-state index in [1.54, 1.807) is 32.9 Å². The minimum Gasteiger partial charge on any atom is -0.508 e. The number of hydrogen-bond acceptors (Lipinski definition) is 6. The highest BCUT2D eigenvalue weighted by Gasteiger charge is 2.37. The molecule has 0 saturated heterocycles. The maximum atomic E-state index is 14.2. The number of amides is 4. The molecule has 10 nitrogen and oxygen atoms in total. The summed E-state index contributed by atoms with van der Waals surface area (Å²) in [5.74, 6) is -1.92. The van der Waals surface area contributed by atoms with E-state index in [-0.39, 0.29) is 12.3 Å². The first kappa shape index (κ1) is 34.1. The van der Waals surface area contributed by atoms with Crippen LogP contribution in [0.4, 0.5) is 10.5 Å². The molecule has 0 spiro atoms. The second-order valence-electron chi connectivity index (χ2n) is 11.6. The first-order valence-corrected chi connectivity index (χ1v) is 14.5. The molecule has 2 unspecified atom stereocenters. The predicted molar refractivity (Wildman–Crippen MR) is 163 cm³/mol. The van der Waals surface area contributed by atoms with Gasteiger partial charge in [-0.3, -0.25) is 14.4 Å². The van der Waals surface area contributed by atoms with Crippen molar-refractivity contribution in [2.45, 2.75) is 97.8 Å². The third kappa shape index (κ3) is 10.7. The summed E-state index contributed by atoms with van der Waals surface area (Å²) in [5.41, 5.74) is 7.42. The summed E-state index contributed by atoms with van der Waals surface area (Å²) >= 11 is 0. The number of anilines is 1. The molecule has 0 bridgehead atoms. The van der Waals surface area contributed by atoms with Gasteiger partial charge in [0.25, 0.3) is 5.91 Å². The van der Waals surface area contributed by atoms with E-state index in [0.29, 0.717) is 17.7 Å². The number of carbonyl (C=O) groups excluding carboxylic acids is 4. The van der Waals surface area contributed by atoms with Gasteiger partial charge in [0.2, 0.25) is 11.8 Å². The van der Waals surface area contributed by atoms with Gasteiger partial charge in [-0.05, 0) is 69.9 Å². The van der Waals surface area contributed by atoms with Gasteiger partial charge in [-0.2, -0.15) is 0 Å². The van der Waals surface area contributed by atoms with Crippen LogP contribution in [-0.2, 0) is 19.1 Å². The largest absolute Gasteiger partial charge is 0.508 e.